The van der Waals surface area contributed by atoms with Gasteiger partial charge < -0.3 is 29.8 Å². The molecule has 3 aliphatic rings. The SMILES string of the molecule is CN1CCN(c2ccc(Nc3ncc(C(F)(F)F)c(NCCCN4Cc5cocc5C4=O)n3)c(C3CC3)c2)CC1. The van der Waals surface area contributed by atoms with Gasteiger partial charge in [-0.3, -0.25) is 4.79 Å². The number of halogens is 3. The van der Waals surface area contributed by atoms with Crippen LogP contribution in [0.25, 0.3) is 0 Å². The number of hydrogen-bond donors (Lipinski definition) is 2. The number of benzene rings is 1. The number of nitrogens with one attached hydrogen (secondary N) is 2. The van der Waals surface area contributed by atoms with Crippen LogP contribution in [-0.2, 0) is 12.7 Å². The number of rotatable bonds is 9. The number of furan rings is 1. The summed E-state index contributed by atoms with van der Waals surface area (Å²) in [5.74, 6) is 0.118. The van der Waals surface area contributed by atoms with Crippen molar-refractivity contribution in [3.8, 4) is 0 Å². The van der Waals surface area contributed by atoms with Gasteiger partial charge in [0.25, 0.3) is 5.91 Å². The maximum absolute atomic E-state index is 13.7. The Morgan fingerprint density at radius 3 is 2.65 bits per heavy atom. The summed E-state index contributed by atoms with van der Waals surface area (Å²) in [5, 5.41) is 6.01. The summed E-state index contributed by atoms with van der Waals surface area (Å²) < 4.78 is 46.3. The Labute approximate surface area is 230 Å². The van der Waals surface area contributed by atoms with E-state index in [0.717, 1.165) is 67.7 Å². The summed E-state index contributed by atoms with van der Waals surface area (Å²) in [4.78, 5) is 27.0. The fourth-order valence-corrected chi connectivity index (χ4v) is 5.30. The topological polar surface area (TPSA) is 89.8 Å². The van der Waals surface area contributed by atoms with Crippen LogP contribution in [0.3, 0.4) is 0 Å². The predicted molar refractivity (Wildman–Crippen MR) is 145 cm³/mol. The second-order valence-electron chi connectivity index (χ2n) is 10.7. The van der Waals surface area contributed by atoms with Crippen LogP contribution in [0.5, 0.6) is 0 Å². The zero-order valence-corrected chi connectivity index (χ0v) is 22.3. The van der Waals surface area contributed by atoms with E-state index < -0.39 is 11.7 Å². The van der Waals surface area contributed by atoms with Crippen LogP contribution in [0.2, 0.25) is 0 Å². The molecule has 2 N–H and O–H groups in total. The van der Waals surface area contributed by atoms with E-state index in [1.54, 1.807) is 11.2 Å². The van der Waals surface area contributed by atoms with E-state index in [-0.39, 0.29) is 24.2 Å². The quantitative estimate of drug-likeness (QED) is 0.360. The van der Waals surface area contributed by atoms with Crippen LogP contribution in [0.15, 0.2) is 41.3 Å². The average molecular weight is 556 g/mol. The highest BCUT2D eigenvalue weighted by Crippen LogP contribution is 2.45. The van der Waals surface area contributed by atoms with E-state index in [0.29, 0.717) is 31.0 Å². The zero-order chi connectivity index (χ0) is 27.9. The smallest absolute Gasteiger partial charge is 0.421 e. The lowest BCUT2D eigenvalue weighted by molar-refractivity contribution is -0.137. The number of anilines is 4. The number of aromatic nitrogens is 2. The van der Waals surface area contributed by atoms with Crippen LogP contribution in [-0.4, -0.2) is 72.0 Å². The van der Waals surface area contributed by atoms with Crippen molar-refractivity contribution in [1.29, 1.82) is 0 Å². The first-order chi connectivity index (χ1) is 19.3. The van der Waals surface area contributed by atoms with Crippen molar-refractivity contribution in [3.63, 3.8) is 0 Å². The van der Waals surface area contributed by atoms with E-state index in [9.17, 15) is 18.0 Å². The summed E-state index contributed by atoms with van der Waals surface area (Å²) in [7, 11) is 2.12. The molecule has 2 aliphatic heterocycles. The molecule has 4 heterocycles. The van der Waals surface area contributed by atoms with Gasteiger partial charge in [0.05, 0.1) is 11.8 Å². The van der Waals surface area contributed by atoms with E-state index in [1.807, 2.05) is 6.07 Å². The molecule has 1 aliphatic carbocycles. The van der Waals surface area contributed by atoms with Gasteiger partial charge in [-0.25, -0.2) is 4.98 Å². The first kappa shape index (κ1) is 26.4. The van der Waals surface area contributed by atoms with Crippen molar-refractivity contribution < 1.29 is 22.4 Å². The largest absolute Gasteiger partial charge is 0.471 e. The standard InChI is InChI=1S/C28H32F3N7O2/c1-36-9-11-37(12-10-36)20-5-6-24(21(13-20)18-3-4-18)34-27-33-14-23(28(29,30)31)25(35-27)32-7-2-8-38-15-19-16-40-17-22(19)26(38)39/h5-6,13-14,16-18H,2-4,7-12,15H2,1H3,(H2,32,33,34,35). The number of alkyl halides is 3. The Hall–Kier alpha value is -3.80. The minimum atomic E-state index is -4.61. The Kier molecular flexibility index (Phi) is 7.03. The Morgan fingerprint density at radius 1 is 1.12 bits per heavy atom. The van der Waals surface area contributed by atoms with Crippen LogP contribution < -0.4 is 15.5 Å². The fourth-order valence-electron chi connectivity index (χ4n) is 5.30. The highest BCUT2D eigenvalue weighted by Gasteiger charge is 2.36. The summed E-state index contributed by atoms with van der Waals surface area (Å²) in [6.45, 7) is 4.99. The van der Waals surface area contributed by atoms with Crippen molar-refractivity contribution in [2.24, 2.45) is 0 Å². The number of amides is 1. The normalized spacial score (nSPS) is 17.9. The molecule has 0 unspecified atom stereocenters. The molecule has 0 atom stereocenters. The van der Waals surface area contributed by atoms with Crippen LogP contribution in [0.4, 0.5) is 36.3 Å². The first-order valence-electron chi connectivity index (χ1n) is 13.6. The molecule has 0 radical (unpaired) electrons. The van der Waals surface area contributed by atoms with Gasteiger partial charge in [0.1, 0.15) is 17.6 Å². The summed E-state index contributed by atoms with van der Waals surface area (Å²) >= 11 is 0. The fraction of sp³-hybridized carbons (Fsp3) is 0.464. The van der Waals surface area contributed by atoms with Crippen molar-refractivity contribution in [1.82, 2.24) is 19.8 Å². The number of fused-ring (bicyclic) bond motifs is 1. The molecule has 40 heavy (non-hydrogen) atoms. The summed E-state index contributed by atoms with van der Waals surface area (Å²) in [6.07, 6.45) is 1.81. The molecule has 0 spiro atoms. The maximum atomic E-state index is 13.7. The van der Waals surface area contributed by atoms with Gasteiger partial charge in [0.2, 0.25) is 5.95 Å². The molecule has 6 rings (SSSR count). The van der Waals surface area contributed by atoms with Gasteiger partial charge in [-0.05, 0) is 56.0 Å². The molecule has 212 valence electrons. The summed E-state index contributed by atoms with van der Waals surface area (Å²) in [5.41, 5.74) is 3.57. The number of piperazine rings is 1. The van der Waals surface area contributed by atoms with Crippen molar-refractivity contribution in [2.75, 3.05) is 61.8 Å². The van der Waals surface area contributed by atoms with Crippen molar-refractivity contribution in [3.05, 3.63) is 59.2 Å². The Bertz CT molecular complexity index is 1380. The van der Waals surface area contributed by atoms with Gasteiger partial charge in [-0.2, -0.15) is 18.2 Å². The van der Waals surface area contributed by atoms with Gasteiger partial charge >= 0.3 is 6.18 Å². The van der Waals surface area contributed by atoms with Gasteiger partial charge in [-0.15, -0.1) is 0 Å². The number of hydrogen-bond acceptors (Lipinski definition) is 8. The minimum Gasteiger partial charge on any atom is -0.471 e. The molecule has 0 bridgehead atoms. The van der Waals surface area contributed by atoms with Crippen molar-refractivity contribution in [2.45, 2.75) is 37.9 Å². The molecule has 12 heteroatoms. The van der Waals surface area contributed by atoms with E-state index >= 15 is 0 Å². The number of likely N-dealkylation sites (N-methyl/N-ethyl adjacent to an activating group) is 1. The molecular formula is C28H32F3N7O2. The van der Waals surface area contributed by atoms with E-state index in [1.165, 1.54) is 6.26 Å². The molecule has 1 saturated carbocycles. The number of carbonyl (C=O) groups excluding carboxylic acids is 1. The maximum Gasteiger partial charge on any atom is 0.421 e. The lowest BCUT2D eigenvalue weighted by Crippen LogP contribution is -2.44. The molecule has 1 amide bonds. The van der Waals surface area contributed by atoms with Crippen LogP contribution in [0, 0.1) is 0 Å². The van der Waals surface area contributed by atoms with Crippen LogP contribution >= 0.6 is 0 Å². The highest BCUT2D eigenvalue weighted by molar-refractivity contribution is 5.97. The average Bonchev–Trinajstić information content (AvgIpc) is 3.60. The third-order valence-corrected chi connectivity index (χ3v) is 7.78. The molecular weight excluding hydrogens is 523 g/mol. The second kappa shape index (κ2) is 10.6. The van der Waals surface area contributed by atoms with E-state index in [4.69, 9.17) is 4.42 Å². The third-order valence-electron chi connectivity index (χ3n) is 7.78. The molecule has 2 aromatic heterocycles. The first-order valence-corrected chi connectivity index (χ1v) is 13.6. The van der Waals surface area contributed by atoms with Crippen molar-refractivity contribution >= 4 is 29.0 Å². The molecule has 2 fully saturated rings. The molecule has 9 nitrogen and oxygen atoms in total. The Balaban J connectivity index is 1.14. The lowest BCUT2D eigenvalue weighted by atomic mass is 10.1. The predicted octanol–water partition coefficient (Wildman–Crippen LogP) is 4.92. The van der Waals surface area contributed by atoms with E-state index in [2.05, 4.69) is 49.6 Å². The molecule has 1 saturated heterocycles. The number of carbonyl (C=O) groups is 1. The van der Waals surface area contributed by atoms with Gasteiger partial charge in [0.15, 0.2) is 0 Å². The minimum absolute atomic E-state index is 0.103. The zero-order valence-electron chi connectivity index (χ0n) is 22.3. The third kappa shape index (κ3) is 5.58. The van der Waals surface area contributed by atoms with Crippen LogP contribution in [0.1, 0.15) is 52.2 Å². The Morgan fingerprint density at radius 2 is 1.93 bits per heavy atom. The lowest BCUT2D eigenvalue weighted by Gasteiger charge is -2.34. The summed E-state index contributed by atoms with van der Waals surface area (Å²) in [6, 6.07) is 6.23. The van der Waals surface area contributed by atoms with Gasteiger partial charge in [-0.1, -0.05) is 0 Å². The second-order valence-corrected chi connectivity index (χ2v) is 10.7. The van der Waals surface area contributed by atoms with Gasteiger partial charge in [0, 0.05) is 68.9 Å². The number of nitrogens with zero attached hydrogens (tertiary/aromatic N) is 5. The highest BCUT2D eigenvalue weighted by atomic mass is 19.4. The monoisotopic (exact) mass is 555 g/mol. The molecule has 3 aromatic rings. The molecule has 1 aromatic carbocycles.